The lowest BCUT2D eigenvalue weighted by molar-refractivity contribution is -0.148. The number of likely N-dealkylation sites (tertiary alicyclic amines) is 1. The van der Waals surface area contributed by atoms with E-state index in [2.05, 4.69) is 20.5 Å². The zero-order chi connectivity index (χ0) is 18.6. The minimum atomic E-state index is -4.17. The van der Waals surface area contributed by atoms with Gasteiger partial charge in [0.05, 0.1) is 12.1 Å². The number of aromatic nitrogens is 1. The fourth-order valence-electron chi connectivity index (χ4n) is 3.36. The molecule has 1 aromatic heterocycles. The highest BCUT2D eigenvalue weighted by Crippen LogP contribution is 2.20. The maximum Gasteiger partial charge on any atom is 0.401 e. The molecule has 1 aromatic rings. The molecule has 3 heterocycles. The molecule has 0 unspecified atom stereocenters. The molecule has 0 aliphatic carbocycles. The second-order valence-electron chi connectivity index (χ2n) is 6.78. The summed E-state index contributed by atoms with van der Waals surface area (Å²) in [5.74, 6) is 0.627. The van der Waals surface area contributed by atoms with E-state index in [4.69, 9.17) is 0 Å². The predicted octanol–water partition coefficient (Wildman–Crippen LogP) is 1.25. The second-order valence-corrected chi connectivity index (χ2v) is 6.78. The monoisotopic (exact) mass is 371 g/mol. The van der Waals surface area contributed by atoms with Crippen molar-refractivity contribution in [1.29, 1.82) is 0 Å². The molecule has 0 aromatic carbocycles. The van der Waals surface area contributed by atoms with Gasteiger partial charge in [-0.2, -0.15) is 13.2 Å². The third-order valence-electron chi connectivity index (χ3n) is 4.78. The summed E-state index contributed by atoms with van der Waals surface area (Å²) in [5.41, 5.74) is 0.474. The first kappa shape index (κ1) is 18.9. The van der Waals surface area contributed by atoms with Gasteiger partial charge in [0.25, 0.3) is 5.91 Å². The molecule has 0 radical (unpaired) electrons. The fourth-order valence-corrected chi connectivity index (χ4v) is 3.36. The Bertz CT molecular complexity index is 593. The Morgan fingerprint density at radius 1 is 1.19 bits per heavy atom. The van der Waals surface area contributed by atoms with Gasteiger partial charge < -0.3 is 15.5 Å². The molecule has 2 saturated heterocycles. The minimum absolute atomic E-state index is 0.0974. The first-order chi connectivity index (χ1) is 12.4. The average molecular weight is 371 g/mol. The number of nitrogens with one attached hydrogen (secondary N) is 2. The largest absolute Gasteiger partial charge is 0.401 e. The van der Waals surface area contributed by atoms with Crippen LogP contribution in [0.3, 0.4) is 0 Å². The number of hydrogen-bond acceptors (Lipinski definition) is 5. The molecule has 0 bridgehead atoms. The number of pyridine rings is 1. The number of piperidine rings is 1. The molecule has 26 heavy (non-hydrogen) atoms. The number of rotatable bonds is 4. The Hall–Kier alpha value is -1.87. The van der Waals surface area contributed by atoms with Crippen LogP contribution in [0.2, 0.25) is 0 Å². The zero-order valence-corrected chi connectivity index (χ0v) is 14.6. The van der Waals surface area contributed by atoms with Gasteiger partial charge in [-0.1, -0.05) is 0 Å². The van der Waals surface area contributed by atoms with Crippen molar-refractivity contribution in [3.8, 4) is 0 Å². The maximum atomic E-state index is 12.4. The minimum Gasteiger partial charge on any atom is -0.354 e. The number of nitrogens with zero attached hydrogens (tertiary/aromatic N) is 3. The Kier molecular flexibility index (Phi) is 5.98. The average Bonchev–Trinajstić information content (AvgIpc) is 2.63. The first-order valence-electron chi connectivity index (χ1n) is 8.92. The van der Waals surface area contributed by atoms with Crippen LogP contribution in [0.5, 0.6) is 0 Å². The summed E-state index contributed by atoms with van der Waals surface area (Å²) in [6.45, 7) is 3.39. The molecule has 0 saturated carbocycles. The molecular weight excluding hydrogens is 347 g/mol. The maximum absolute atomic E-state index is 12.4. The third kappa shape index (κ3) is 5.31. The second kappa shape index (κ2) is 8.22. The van der Waals surface area contributed by atoms with Crippen molar-refractivity contribution in [3.05, 3.63) is 23.9 Å². The molecule has 0 atom stereocenters. The lowest BCUT2D eigenvalue weighted by Gasteiger charge is -2.32. The van der Waals surface area contributed by atoms with Crippen LogP contribution < -0.4 is 15.5 Å². The number of anilines is 1. The van der Waals surface area contributed by atoms with Gasteiger partial charge >= 0.3 is 6.18 Å². The number of amides is 1. The van der Waals surface area contributed by atoms with Gasteiger partial charge in [0.2, 0.25) is 0 Å². The van der Waals surface area contributed by atoms with Crippen LogP contribution in [-0.4, -0.2) is 73.8 Å². The number of carbonyl (C=O) groups excluding carboxylic acids is 1. The number of piperazine rings is 1. The molecular formula is C17H24F3N5O. The summed E-state index contributed by atoms with van der Waals surface area (Å²) in [6, 6.07) is 3.49. The van der Waals surface area contributed by atoms with Gasteiger partial charge in [-0.05, 0) is 25.0 Å². The molecule has 2 N–H and O–H groups in total. The number of alkyl halides is 3. The van der Waals surface area contributed by atoms with Crippen LogP contribution in [-0.2, 0) is 0 Å². The normalized spacial score (nSPS) is 20.2. The number of carbonyl (C=O) groups is 1. The first-order valence-corrected chi connectivity index (χ1v) is 8.92. The van der Waals surface area contributed by atoms with E-state index in [0.29, 0.717) is 31.5 Å². The van der Waals surface area contributed by atoms with Crippen LogP contribution in [0.15, 0.2) is 18.3 Å². The van der Waals surface area contributed by atoms with E-state index in [1.165, 1.54) is 4.90 Å². The summed E-state index contributed by atoms with van der Waals surface area (Å²) in [6.07, 6.45) is -1.57. The lowest BCUT2D eigenvalue weighted by Crippen LogP contribution is -2.47. The van der Waals surface area contributed by atoms with Crippen molar-refractivity contribution in [2.75, 3.05) is 50.7 Å². The van der Waals surface area contributed by atoms with Crippen LogP contribution >= 0.6 is 0 Å². The SMILES string of the molecule is O=C(NC1CCN(CC(F)(F)F)CC1)c1ccc(N2CCNCC2)nc1. The highest BCUT2D eigenvalue weighted by atomic mass is 19.4. The van der Waals surface area contributed by atoms with Crippen molar-refractivity contribution >= 4 is 11.7 Å². The molecule has 9 heteroatoms. The molecule has 2 fully saturated rings. The van der Waals surface area contributed by atoms with Gasteiger partial charge in [0.15, 0.2) is 0 Å². The summed E-state index contributed by atoms with van der Waals surface area (Å²) in [5, 5.41) is 6.18. The highest BCUT2D eigenvalue weighted by molar-refractivity contribution is 5.94. The van der Waals surface area contributed by atoms with Crippen LogP contribution in [0, 0.1) is 0 Å². The van der Waals surface area contributed by atoms with Gasteiger partial charge in [-0.3, -0.25) is 9.69 Å². The fraction of sp³-hybridized carbons (Fsp3) is 0.647. The zero-order valence-electron chi connectivity index (χ0n) is 14.6. The van der Waals surface area contributed by atoms with E-state index in [-0.39, 0.29) is 11.9 Å². The lowest BCUT2D eigenvalue weighted by atomic mass is 10.0. The van der Waals surface area contributed by atoms with E-state index in [0.717, 1.165) is 32.0 Å². The quantitative estimate of drug-likeness (QED) is 0.834. The number of hydrogen-bond donors (Lipinski definition) is 2. The van der Waals surface area contributed by atoms with E-state index < -0.39 is 12.7 Å². The summed E-state index contributed by atoms with van der Waals surface area (Å²) < 4.78 is 37.2. The van der Waals surface area contributed by atoms with E-state index >= 15 is 0 Å². The van der Waals surface area contributed by atoms with Gasteiger partial charge in [0.1, 0.15) is 5.82 Å². The number of halogens is 3. The van der Waals surface area contributed by atoms with Gasteiger partial charge in [0, 0.05) is 51.5 Å². The summed E-state index contributed by atoms with van der Waals surface area (Å²) in [7, 11) is 0. The van der Waals surface area contributed by atoms with E-state index in [1.54, 1.807) is 12.3 Å². The van der Waals surface area contributed by atoms with Crippen LogP contribution in [0.1, 0.15) is 23.2 Å². The van der Waals surface area contributed by atoms with E-state index in [1.807, 2.05) is 6.07 Å². The Morgan fingerprint density at radius 3 is 2.46 bits per heavy atom. The molecule has 1 amide bonds. The summed E-state index contributed by atoms with van der Waals surface area (Å²) >= 11 is 0. The Labute approximate surface area is 150 Å². The van der Waals surface area contributed by atoms with Crippen molar-refractivity contribution in [2.45, 2.75) is 25.1 Å². The van der Waals surface area contributed by atoms with Crippen molar-refractivity contribution in [1.82, 2.24) is 20.5 Å². The smallest absolute Gasteiger partial charge is 0.354 e. The molecule has 2 aliphatic heterocycles. The molecule has 0 spiro atoms. The molecule has 3 rings (SSSR count). The Morgan fingerprint density at radius 2 is 1.88 bits per heavy atom. The third-order valence-corrected chi connectivity index (χ3v) is 4.78. The molecule has 144 valence electrons. The van der Waals surface area contributed by atoms with Crippen LogP contribution in [0.4, 0.5) is 19.0 Å². The summed E-state index contributed by atoms with van der Waals surface area (Å²) in [4.78, 5) is 20.3. The van der Waals surface area contributed by atoms with Gasteiger partial charge in [-0.25, -0.2) is 4.98 Å². The van der Waals surface area contributed by atoms with Crippen molar-refractivity contribution in [2.24, 2.45) is 0 Å². The standard InChI is InChI=1S/C17H24F3N5O/c18-17(19,20)12-24-7-3-14(4-8-24)23-16(26)13-1-2-15(22-11-13)25-9-5-21-6-10-25/h1-2,11,14,21H,3-10,12H2,(H,23,26). The van der Waals surface area contributed by atoms with Crippen molar-refractivity contribution in [3.63, 3.8) is 0 Å². The molecule has 6 nitrogen and oxygen atoms in total. The molecule has 2 aliphatic rings. The van der Waals surface area contributed by atoms with Crippen molar-refractivity contribution < 1.29 is 18.0 Å². The van der Waals surface area contributed by atoms with Gasteiger partial charge in [-0.15, -0.1) is 0 Å². The van der Waals surface area contributed by atoms with E-state index in [9.17, 15) is 18.0 Å². The Balaban J connectivity index is 1.48. The topological polar surface area (TPSA) is 60.5 Å². The van der Waals surface area contributed by atoms with Crippen LogP contribution in [0.25, 0.3) is 0 Å². The highest BCUT2D eigenvalue weighted by Gasteiger charge is 2.32. The predicted molar refractivity (Wildman–Crippen MR) is 92.3 cm³/mol.